The van der Waals surface area contributed by atoms with Gasteiger partial charge in [-0.25, -0.2) is 22.8 Å². The fourth-order valence-corrected chi connectivity index (χ4v) is 6.92. The molecule has 49 heavy (non-hydrogen) atoms. The standard InChI is InChI=1S/C31H27F8N3O6S/c1-14-40-26(31(37,38)39)12-42(14)22-6-4-16(18-9-21(32)20(13-43)25(11-18)49(3,44)45)8-19(22)27-28(46-15(2)41-27)17-5-7-23(47-29(33)34)24(10-17)48-30(35)36/h5,7-10,12,25,29-30,43H,4,6,11,13H2,1-3H3. The maximum atomic E-state index is 15.2. The van der Waals surface area contributed by atoms with Crippen LogP contribution in [0.25, 0.3) is 22.6 Å². The van der Waals surface area contributed by atoms with E-state index in [4.69, 9.17) is 4.42 Å². The number of rotatable bonds is 10. The van der Waals surface area contributed by atoms with Gasteiger partial charge in [0, 0.05) is 41.8 Å². The fourth-order valence-electron chi connectivity index (χ4n) is 5.74. The minimum atomic E-state index is -4.80. The highest BCUT2D eigenvalue weighted by Gasteiger charge is 2.37. The first-order valence-electron chi connectivity index (χ1n) is 14.4. The van der Waals surface area contributed by atoms with Gasteiger partial charge in [-0.1, -0.05) is 0 Å². The van der Waals surface area contributed by atoms with Crippen LogP contribution in [0.4, 0.5) is 35.1 Å². The molecule has 1 N–H and O–H groups in total. The number of aliphatic hydroxyl groups is 1. The number of ether oxygens (including phenoxy) is 2. The predicted octanol–water partition coefficient (Wildman–Crippen LogP) is 7.42. The maximum absolute atomic E-state index is 15.2. The van der Waals surface area contributed by atoms with Gasteiger partial charge in [0.2, 0.25) is 0 Å². The Labute approximate surface area is 273 Å². The van der Waals surface area contributed by atoms with Gasteiger partial charge in [0.05, 0.1) is 11.9 Å². The van der Waals surface area contributed by atoms with Crippen molar-refractivity contribution in [2.45, 2.75) is 57.8 Å². The van der Waals surface area contributed by atoms with Gasteiger partial charge < -0.3 is 23.6 Å². The van der Waals surface area contributed by atoms with Crippen LogP contribution in [-0.2, 0) is 16.0 Å². The molecule has 0 saturated heterocycles. The van der Waals surface area contributed by atoms with Crippen LogP contribution in [-0.4, -0.2) is 59.4 Å². The van der Waals surface area contributed by atoms with E-state index in [1.54, 1.807) is 0 Å². The van der Waals surface area contributed by atoms with Crippen LogP contribution in [0.15, 0.2) is 63.5 Å². The number of benzene rings is 1. The summed E-state index contributed by atoms with van der Waals surface area (Å²) in [5.74, 6) is -2.62. The van der Waals surface area contributed by atoms with Crippen LogP contribution >= 0.6 is 0 Å². The summed E-state index contributed by atoms with van der Waals surface area (Å²) in [7, 11) is -3.90. The molecule has 9 nitrogen and oxygen atoms in total. The van der Waals surface area contributed by atoms with Gasteiger partial charge in [-0.2, -0.15) is 30.7 Å². The molecule has 0 saturated carbocycles. The summed E-state index contributed by atoms with van der Waals surface area (Å²) in [6.07, 6.45) is -0.694. The van der Waals surface area contributed by atoms with Gasteiger partial charge in [-0.05, 0) is 67.7 Å². The molecule has 0 spiro atoms. The molecular weight excluding hydrogens is 694 g/mol. The van der Waals surface area contributed by atoms with Crippen LogP contribution in [0.2, 0.25) is 0 Å². The van der Waals surface area contributed by atoms with Crippen molar-refractivity contribution < 1.29 is 62.5 Å². The van der Waals surface area contributed by atoms with Crippen molar-refractivity contribution in [3.63, 3.8) is 0 Å². The summed E-state index contributed by atoms with van der Waals surface area (Å²) in [4.78, 5) is 8.05. The lowest BCUT2D eigenvalue weighted by atomic mass is 9.84. The highest BCUT2D eigenvalue weighted by Crippen LogP contribution is 2.45. The number of hydrogen-bond acceptors (Lipinski definition) is 8. The summed E-state index contributed by atoms with van der Waals surface area (Å²) in [5, 5.41) is 8.30. The normalized spacial score (nSPS) is 17.6. The van der Waals surface area contributed by atoms with Crippen molar-refractivity contribution in [3.8, 4) is 22.8 Å². The quantitative estimate of drug-likeness (QED) is 0.215. The first kappa shape index (κ1) is 35.8. The Hall–Kier alpha value is -4.45. The third-order valence-corrected chi connectivity index (χ3v) is 9.34. The SMILES string of the molecule is Cc1nc(C2=C(n3cc(C(F)(F)F)nc3C)CCC(C3=CC(F)=C(CO)C(S(C)(=O)=O)C3)=C2)c(-c2ccc(OC(F)F)c(OC(F)F)c2)o1. The number of aromatic nitrogens is 3. The first-order chi connectivity index (χ1) is 22.9. The number of halogens is 8. The molecule has 1 atom stereocenters. The molecule has 0 aliphatic heterocycles. The first-order valence-corrected chi connectivity index (χ1v) is 16.3. The zero-order chi connectivity index (χ0) is 36.0. The van der Waals surface area contributed by atoms with Crippen molar-refractivity contribution >= 4 is 21.1 Å². The third-order valence-electron chi connectivity index (χ3n) is 7.85. The molecule has 18 heteroatoms. The lowest BCUT2D eigenvalue weighted by molar-refractivity contribution is -0.141. The third kappa shape index (κ3) is 7.59. The van der Waals surface area contributed by atoms with Crippen LogP contribution in [0, 0.1) is 13.8 Å². The van der Waals surface area contributed by atoms with E-state index in [1.807, 2.05) is 0 Å². The van der Waals surface area contributed by atoms with Crippen molar-refractivity contribution in [1.82, 2.24) is 14.5 Å². The minimum Gasteiger partial charge on any atom is -0.440 e. The number of nitrogens with zero attached hydrogens (tertiary/aromatic N) is 3. The molecule has 0 bridgehead atoms. The maximum Gasteiger partial charge on any atom is 0.434 e. The summed E-state index contributed by atoms with van der Waals surface area (Å²) in [6.45, 7) is -4.90. The molecule has 0 radical (unpaired) electrons. The van der Waals surface area contributed by atoms with Crippen molar-refractivity contribution in [3.05, 3.63) is 82.2 Å². The van der Waals surface area contributed by atoms with Crippen molar-refractivity contribution in [1.29, 1.82) is 0 Å². The summed E-state index contributed by atoms with van der Waals surface area (Å²) in [5.41, 5.74) is -0.576. The number of allylic oxidation sites excluding steroid dienone is 7. The minimum absolute atomic E-state index is 0.000986. The van der Waals surface area contributed by atoms with E-state index in [0.717, 1.165) is 30.7 Å². The Balaban J connectivity index is 1.74. The Morgan fingerprint density at radius 3 is 2.29 bits per heavy atom. The topological polar surface area (TPSA) is 117 Å². The average Bonchev–Trinajstić information content (AvgIpc) is 3.59. The molecule has 3 aromatic rings. The molecular formula is C31H27F8N3O6S. The van der Waals surface area contributed by atoms with Crippen LogP contribution in [0.5, 0.6) is 11.5 Å². The number of sulfone groups is 1. The van der Waals surface area contributed by atoms with E-state index >= 15 is 4.39 Å². The van der Waals surface area contributed by atoms with E-state index in [9.17, 15) is 44.3 Å². The van der Waals surface area contributed by atoms with Crippen molar-refractivity contribution in [2.75, 3.05) is 12.9 Å². The zero-order valence-corrected chi connectivity index (χ0v) is 26.6. The summed E-state index contributed by atoms with van der Waals surface area (Å²) in [6, 6.07) is 3.05. The molecule has 2 heterocycles. The van der Waals surface area contributed by atoms with E-state index in [0.29, 0.717) is 5.57 Å². The number of aryl methyl sites for hydroxylation is 2. The van der Waals surface area contributed by atoms with Crippen LogP contribution < -0.4 is 9.47 Å². The summed E-state index contributed by atoms with van der Waals surface area (Å²) >= 11 is 0. The van der Waals surface area contributed by atoms with Gasteiger partial charge in [-0.15, -0.1) is 0 Å². The molecule has 1 unspecified atom stereocenters. The van der Waals surface area contributed by atoms with E-state index in [2.05, 4.69) is 19.4 Å². The molecule has 0 amide bonds. The molecule has 2 aliphatic carbocycles. The number of alkyl halides is 7. The molecule has 0 fully saturated rings. The molecule has 5 rings (SSSR count). The molecule has 1 aromatic carbocycles. The van der Waals surface area contributed by atoms with Gasteiger partial charge >= 0.3 is 19.4 Å². The second kappa shape index (κ2) is 13.5. The zero-order valence-electron chi connectivity index (χ0n) is 25.8. The second-order valence-corrected chi connectivity index (χ2v) is 13.4. The van der Waals surface area contributed by atoms with Gasteiger partial charge in [-0.3, -0.25) is 0 Å². The smallest absolute Gasteiger partial charge is 0.434 e. The average molecular weight is 722 g/mol. The molecule has 2 aromatic heterocycles. The Morgan fingerprint density at radius 2 is 1.69 bits per heavy atom. The Kier molecular flexibility index (Phi) is 9.84. The number of oxazole rings is 1. The van der Waals surface area contributed by atoms with E-state index < -0.39 is 64.1 Å². The lowest BCUT2D eigenvalue weighted by Gasteiger charge is -2.28. The van der Waals surface area contributed by atoms with Crippen LogP contribution in [0.1, 0.15) is 42.4 Å². The number of hydrogen-bond donors (Lipinski definition) is 1. The van der Waals surface area contributed by atoms with E-state index in [1.165, 1.54) is 30.6 Å². The van der Waals surface area contributed by atoms with Gasteiger partial charge in [0.15, 0.2) is 38.7 Å². The largest absolute Gasteiger partial charge is 0.440 e. The number of imidazole rings is 1. The lowest BCUT2D eigenvalue weighted by Crippen LogP contribution is -2.28. The van der Waals surface area contributed by atoms with Crippen LogP contribution in [0.3, 0.4) is 0 Å². The fraction of sp³-hybridized carbons (Fsp3) is 0.355. The number of aliphatic hydroxyl groups excluding tert-OH is 1. The monoisotopic (exact) mass is 721 g/mol. The van der Waals surface area contributed by atoms with Gasteiger partial charge in [0.1, 0.15) is 17.3 Å². The second-order valence-electron chi connectivity index (χ2n) is 11.1. The highest BCUT2D eigenvalue weighted by atomic mass is 32.2. The molecule has 2 aliphatic rings. The summed E-state index contributed by atoms with van der Waals surface area (Å²) < 4.78 is 149. The Morgan fingerprint density at radius 1 is 1.02 bits per heavy atom. The van der Waals surface area contributed by atoms with Gasteiger partial charge in [0.25, 0.3) is 0 Å². The highest BCUT2D eigenvalue weighted by molar-refractivity contribution is 7.91. The molecule has 264 valence electrons. The predicted molar refractivity (Wildman–Crippen MR) is 159 cm³/mol. The van der Waals surface area contributed by atoms with Crippen molar-refractivity contribution in [2.24, 2.45) is 0 Å². The van der Waals surface area contributed by atoms with E-state index in [-0.39, 0.29) is 70.4 Å². The Bertz CT molecular complexity index is 2010.